The SMILES string of the molecule is CCc1ccc(N[C@@H]2NC(=O)/C(=C/c3cc(C)n(C4CCCCC4)c3C)S2)cc1. The molecule has 1 aliphatic carbocycles. The highest BCUT2D eigenvalue weighted by atomic mass is 32.2. The largest absolute Gasteiger partial charge is 0.357 e. The first kappa shape index (κ1) is 20.1. The fraction of sp³-hybridized carbons (Fsp3) is 0.458. The van der Waals surface area contributed by atoms with Crippen LogP contribution in [0.4, 0.5) is 5.69 Å². The second-order valence-corrected chi connectivity index (χ2v) is 9.31. The van der Waals surface area contributed by atoms with Crippen molar-refractivity contribution in [3.05, 3.63) is 57.8 Å². The van der Waals surface area contributed by atoms with Gasteiger partial charge in [-0.05, 0) is 68.5 Å². The molecule has 1 aliphatic heterocycles. The number of hydrogen-bond donors (Lipinski definition) is 2. The quantitative estimate of drug-likeness (QED) is 0.616. The lowest BCUT2D eigenvalue weighted by Crippen LogP contribution is -2.30. The lowest BCUT2D eigenvalue weighted by atomic mass is 9.95. The van der Waals surface area contributed by atoms with E-state index < -0.39 is 0 Å². The van der Waals surface area contributed by atoms with E-state index in [1.165, 1.54) is 54.6 Å². The van der Waals surface area contributed by atoms with Crippen LogP contribution in [0.5, 0.6) is 0 Å². The summed E-state index contributed by atoms with van der Waals surface area (Å²) >= 11 is 1.56. The maximum Gasteiger partial charge on any atom is 0.260 e. The van der Waals surface area contributed by atoms with Crippen molar-refractivity contribution in [2.24, 2.45) is 0 Å². The Bertz CT molecular complexity index is 907. The molecule has 2 heterocycles. The molecule has 2 aromatic rings. The molecule has 29 heavy (non-hydrogen) atoms. The average Bonchev–Trinajstić information content (AvgIpc) is 3.21. The van der Waals surface area contributed by atoms with Gasteiger partial charge in [0.15, 0.2) is 5.50 Å². The van der Waals surface area contributed by atoms with E-state index in [0.717, 1.165) is 17.0 Å². The molecule has 0 bridgehead atoms. The van der Waals surface area contributed by atoms with Gasteiger partial charge in [-0.2, -0.15) is 0 Å². The summed E-state index contributed by atoms with van der Waals surface area (Å²) in [6, 6.07) is 11.2. The van der Waals surface area contributed by atoms with E-state index >= 15 is 0 Å². The number of thioether (sulfide) groups is 1. The number of anilines is 1. The zero-order chi connectivity index (χ0) is 20.4. The van der Waals surface area contributed by atoms with Crippen LogP contribution in [0.25, 0.3) is 6.08 Å². The number of carbonyl (C=O) groups is 1. The van der Waals surface area contributed by atoms with Crippen LogP contribution >= 0.6 is 11.8 Å². The molecule has 4 nitrogen and oxygen atoms in total. The maximum atomic E-state index is 12.5. The predicted octanol–water partition coefficient (Wildman–Crippen LogP) is 5.77. The van der Waals surface area contributed by atoms with E-state index in [1.807, 2.05) is 0 Å². The number of benzene rings is 1. The van der Waals surface area contributed by atoms with Crippen LogP contribution in [-0.2, 0) is 11.2 Å². The summed E-state index contributed by atoms with van der Waals surface area (Å²) in [5, 5.41) is 6.45. The Hall–Kier alpha value is -2.14. The van der Waals surface area contributed by atoms with Crippen LogP contribution in [0.1, 0.15) is 67.6 Å². The van der Waals surface area contributed by atoms with Crippen LogP contribution in [0.15, 0.2) is 35.2 Å². The number of nitrogens with zero attached hydrogens (tertiary/aromatic N) is 1. The van der Waals surface area contributed by atoms with Crippen molar-refractivity contribution >= 4 is 29.4 Å². The van der Waals surface area contributed by atoms with Crippen LogP contribution in [0, 0.1) is 13.8 Å². The second kappa shape index (κ2) is 8.70. The van der Waals surface area contributed by atoms with Crippen LogP contribution in [-0.4, -0.2) is 16.0 Å². The van der Waals surface area contributed by atoms with Crippen molar-refractivity contribution in [1.82, 2.24) is 9.88 Å². The summed E-state index contributed by atoms with van der Waals surface area (Å²) in [6.45, 7) is 6.53. The Labute approximate surface area is 178 Å². The van der Waals surface area contributed by atoms with Gasteiger partial charge < -0.3 is 15.2 Å². The second-order valence-electron chi connectivity index (χ2n) is 8.16. The molecule has 5 heteroatoms. The van der Waals surface area contributed by atoms with Crippen LogP contribution in [0.3, 0.4) is 0 Å². The van der Waals surface area contributed by atoms with E-state index in [-0.39, 0.29) is 11.4 Å². The van der Waals surface area contributed by atoms with Gasteiger partial charge in [-0.3, -0.25) is 4.79 Å². The molecule has 1 atom stereocenters. The van der Waals surface area contributed by atoms with Crippen molar-refractivity contribution in [3.63, 3.8) is 0 Å². The third kappa shape index (κ3) is 4.40. The van der Waals surface area contributed by atoms with Gasteiger partial charge in [0, 0.05) is 23.1 Å². The van der Waals surface area contributed by atoms with E-state index in [2.05, 4.69) is 72.4 Å². The molecule has 0 radical (unpaired) electrons. The third-order valence-electron chi connectivity index (χ3n) is 6.14. The molecular weight excluding hydrogens is 378 g/mol. The van der Waals surface area contributed by atoms with Crippen molar-refractivity contribution in [1.29, 1.82) is 0 Å². The van der Waals surface area contributed by atoms with E-state index in [1.54, 1.807) is 11.8 Å². The van der Waals surface area contributed by atoms with Crippen molar-refractivity contribution in [2.45, 2.75) is 70.8 Å². The molecule has 0 unspecified atom stereocenters. The molecule has 2 N–H and O–H groups in total. The molecule has 154 valence electrons. The Balaban J connectivity index is 1.49. The first-order chi connectivity index (χ1) is 14.0. The first-order valence-electron chi connectivity index (χ1n) is 10.8. The Morgan fingerprint density at radius 3 is 2.59 bits per heavy atom. The maximum absolute atomic E-state index is 12.5. The van der Waals surface area contributed by atoms with E-state index in [9.17, 15) is 4.79 Å². The van der Waals surface area contributed by atoms with Gasteiger partial charge in [-0.25, -0.2) is 0 Å². The number of aryl methyl sites for hydroxylation is 2. The Kier molecular flexibility index (Phi) is 6.04. The summed E-state index contributed by atoms with van der Waals surface area (Å²) in [5.41, 5.74) is 5.95. The monoisotopic (exact) mass is 409 g/mol. The molecule has 1 amide bonds. The average molecular weight is 410 g/mol. The van der Waals surface area contributed by atoms with Crippen LogP contribution < -0.4 is 10.6 Å². The van der Waals surface area contributed by atoms with E-state index in [0.29, 0.717) is 6.04 Å². The summed E-state index contributed by atoms with van der Waals surface area (Å²) in [5.74, 6) is 0.000137. The van der Waals surface area contributed by atoms with Gasteiger partial charge >= 0.3 is 0 Å². The normalized spacial score (nSPS) is 21.6. The highest BCUT2D eigenvalue weighted by molar-refractivity contribution is 8.05. The minimum atomic E-state index is -0.136. The van der Waals surface area contributed by atoms with Crippen molar-refractivity contribution in [2.75, 3.05) is 5.32 Å². The predicted molar refractivity (Wildman–Crippen MR) is 123 cm³/mol. The van der Waals surface area contributed by atoms with Gasteiger partial charge in [-0.1, -0.05) is 50.1 Å². The van der Waals surface area contributed by atoms with E-state index in [4.69, 9.17) is 0 Å². The summed E-state index contributed by atoms with van der Waals surface area (Å²) in [6.07, 6.45) is 9.63. The molecule has 1 aromatic carbocycles. The number of nitrogens with one attached hydrogen (secondary N) is 2. The molecule has 0 spiro atoms. The molecule has 1 aromatic heterocycles. The number of hydrogen-bond acceptors (Lipinski definition) is 3. The number of rotatable bonds is 5. The first-order valence-corrected chi connectivity index (χ1v) is 11.7. The van der Waals surface area contributed by atoms with Gasteiger partial charge in [0.05, 0.1) is 4.91 Å². The van der Waals surface area contributed by atoms with Gasteiger partial charge in [0.2, 0.25) is 0 Å². The fourth-order valence-corrected chi connectivity index (χ4v) is 5.52. The van der Waals surface area contributed by atoms with Crippen LogP contribution in [0.2, 0.25) is 0 Å². The Morgan fingerprint density at radius 2 is 1.90 bits per heavy atom. The fourth-order valence-electron chi connectivity index (χ4n) is 4.54. The molecule has 2 aliphatic rings. The summed E-state index contributed by atoms with van der Waals surface area (Å²) in [4.78, 5) is 13.3. The molecule has 2 fully saturated rings. The standard InChI is InChI=1S/C24H31N3OS/c1-4-18-10-12-20(13-11-18)25-24-26-23(28)22(29-24)15-19-14-16(2)27(17(19)3)21-8-6-5-7-9-21/h10-15,21,24-25H,4-9H2,1-3H3,(H,26,28)/b22-15-/t24-/m1/s1. The highest BCUT2D eigenvalue weighted by Crippen LogP contribution is 2.35. The number of aromatic nitrogens is 1. The zero-order valence-electron chi connectivity index (χ0n) is 17.6. The number of amides is 1. The molecular formula is C24H31N3OS. The van der Waals surface area contributed by atoms with Gasteiger partial charge in [-0.15, -0.1) is 0 Å². The molecule has 4 rings (SSSR count). The Morgan fingerprint density at radius 1 is 1.17 bits per heavy atom. The topological polar surface area (TPSA) is 46.1 Å². The molecule has 1 saturated heterocycles. The van der Waals surface area contributed by atoms with Gasteiger partial charge in [0.1, 0.15) is 0 Å². The highest BCUT2D eigenvalue weighted by Gasteiger charge is 2.28. The lowest BCUT2D eigenvalue weighted by molar-refractivity contribution is -0.116. The van der Waals surface area contributed by atoms with Crippen molar-refractivity contribution < 1.29 is 4.79 Å². The van der Waals surface area contributed by atoms with Gasteiger partial charge in [0.25, 0.3) is 5.91 Å². The minimum Gasteiger partial charge on any atom is -0.357 e. The minimum absolute atomic E-state index is 0.000137. The van der Waals surface area contributed by atoms with Crippen molar-refractivity contribution in [3.8, 4) is 0 Å². The third-order valence-corrected chi connectivity index (χ3v) is 7.17. The lowest BCUT2D eigenvalue weighted by Gasteiger charge is -2.26. The zero-order valence-corrected chi connectivity index (χ0v) is 18.4. The molecule has 1 saturated carbocycles. The summed E-state index contributed by atoms with van der Waals surface area (Å²) in [7, 11) is 0. The summed E-state index contributed by atoms with van der Waals surface area (Å²) < 4.78 is 2.49. The number of carbonyl (C=O) groups excluding carboxylic acids is 1. The smallest absolute Gasteiger partial charge is 0.260 e.